The van der Waals surface area contributed by atoms with Gasteiger partial charge in [0.05, 0.1) is 0 Å². The van der Waals surface area contributed by atoms with Gasteiger partial charge < -0.3 is 15.1 Å². The lowest BCUT2D eigenvalue weighted by molar-refractivity contribution is 0.0393. The van der Waals surface area contributed by atoms with Crippen LogP contribution in [0.3, 0.4) is 0 Å². The SMILES string of the molecule is CC1(C)CCN2C(=O)c3c(OCc4ccccc4)c(=O)ccn3N[C@@H]2C1.Fc1ccc2c(c1F)CSc1ccccc1C2. The molecule has 0 bridgehead atoms. The molecule has 3 aliphatic heterocycles. The highest BCUT2D eigenvalue weighted by Gasteiger charge is 2.41. The number of carbonyl (C=O) groups excluding carboxylic acids is 1. The van der Waals surface area contributed by atoms with E-state index in [9.17, 15) is 18.4 Å². The Labute approximate surface area is 253 Å². The predicted molar refractivity (Wildman–Crippen MR) is 164 cm³/mol. The van der Waals surface area contributed by atoms with Crippen LogP contribution in [0.25, 0.3) is 0 Å². The van der Waals surface area contributed by atoms with Gasteiger partial charge in [0.25, 0.3) is 5.91 Å². The summed E-state index contributed by atoms with van der Waals surface area (Å²) in [6, 6.07) is 22.0. The molecule has 0 aliphatic carbocycles. The van der Waals surface area contributed by atoms with Crippen molar-refractivity contribution < 1.29 is 18.3 Å². The molecule has 1 atom stereocenters. The van der Waals surface area contributed by atoms with Gasteiger partial charge in [0.1, 0.15) is 12.8 Å². The molecule has 9 heteroatoms. The van der Waals surface area contributed by atoms with Gasteiger partial charge in [-0.25, -0.2) is 8.78 Å². The van der Waals surface area contributed by atoms with Crippen LogP contribution in [0.1, 0.15) is 59.4 Å². The van der Waals surface area contributed by atoms with Crippen molar-refractivity contribution in [1.29, 1.82) is 0 Å². The van der Waals surface area contributed by atoms with Gasteiger partial charge >= 0.3 is 0 Å². The molecule has 0 radical (unpaired) electrons. The number of nitrogens with one attached hydrogen (secondary N) is 1. The van der Waals surface area contributed by atoms with E-state index in [1.165, 1.54) is 17.7 Å². The smallest absolute Gasteiger partial charge is 0.278 e. The number of hydrogen-bond acceptors (Lipinski definition) is 5. The molecule has 3 aromatic carbocycles. The lowest BCUT2D eigenvalue weighted by Gasteiger charge is -2.47. The molecule has 1 N–H and O–H groups in total. The second kappa shape index (κ2) is 11.9. The Hall–Kier alpha value is -4.11. The van der Waals surface area contributed by atoms with Gasteiger partial charge in [-0.2, -0.15) is 0 Å². The summed E-state index contributed by atoms with van der Waals surface area (Å²) in [5.41, 5.74) is 7.06. The number of thioether (sulfide) groups is 1. The maximum atomic E-state index is 13.7. The highest BCUT2D eigenvalue weighted by Crippen LogP contribution is 2.37. The van der Waals surface area contributed by atoms with E-state index in [-0.39, 0.29) is 41.0 Å². The first-order valence-corrected chi connectivity index (χ1v) is 15.3. The summed E-state index contributed by atoms with van der Waals surface area (Å²) in [6.45, 7) is 5.35. The number of amides is 1. The highest BCUT2D eigenvalue weighted by molar-refractivity contribution is 7.98. The quantitative estimate of drug-likeness (QED) is 0.282. The number of piperidine rings is 1. The van der Waals surface area contributed by atoms with Crippen LogP contribution in [0.2, 0.25) is 0 Å². The maximum Gasteiger partial charge on any atom is 0.278 e. The number of rotatable bonds is 3. The van der Waals surface area contributed by atoms with Crippen LogP contribution < -0.4 is 15.6 Å². The van der Waals surface area contributed by atoms with Crippen molar-refractivity contribution in [3.8, 4) is 5.75 Å². The van der Waals surface area contributed by atoms with E-state index < -0.39 is 11.6 Å². The third-order valence-corrected chi connectivity index (χ3v) is 9.34. The van der Waals surface area contributed by atoms with Crippen LogP contribution in [-0.4, -0.2) is 28.2 Å². The van der Waals surface area contributed by atoms with Gasteiger partial charge in [-0.05, 0) is 53.5 Å². The molecule has 0 spiro atoms. The molecule has 4 aromatic rings. The Balaban J connectivity index is 0.000000167. The van der Waals surface area contributed by atoms with Crippen molar-refractivity contribution in [2.75, 3.05) is 12.0 Å². The van der Waals surface area contributed by atoms with E-state index in [1.807, 2.05) is 59.5 Å². The van der Waals surface area contributed by atoms with E-state index in [0.717, 1.165) is 28.9 Å². The molecule has 3 aliphatic rings. The van der Waals surface area contributed by atoms with Crippen LogP contribution in [0.5, 0.6) is 5.75 Å². The molecular weight excluding hydrogens is 568 g/mol. The number of halogens is 2. The fraction of sp³-hybridized carbons (Fsp3) is 0.294. The summed E-state index contributed by atoms with van der Waals surface area (Å²) in [7, 11) is 0. The largest absolute Gasteiger partial charge is 0.482 e. The molecule has 4 heterocycles. The molecule has 0 saturated carbocycles. The zero-order chi connectivity index (χ0) is 30.1. The predicted octanol–water partition coefficient (Wildman–Crippen LogP) is 6.73. The Morgan fingerprint density at radius 2 is 1.74 bits per heavy atom. The van der Waals surface area contributed by atoms with E-state index in [4.69, 9.17) is 4.74 Å². The lowest BCUT2D eigenvalue weighted by atomic mass is 9.80. The molecule has 43 heavy (non-hydrogen) atoms. The fourth-order valence-corrected chi connectivity index (χ4v) is 6.88. The van der Waals surface area contributed by atoms with Crippen molar-refractivity contribution >= 4 is 17.7 Å². The van der Waals surface area contributed by atoms with Crippen molar-refractivity contribution in [2.45, 2.75) is 56.5 Å². The van der Waals surface area contributed by atoms with Crippen molar-refractivity contribution in [1.82, 2.24) is 9.58 Å². The van der Waals surface area contributed by atoms with Gasteiger partial charge in [0.15, 0.2) is 23.1 Å². The van der Waals surface area contributed by atoms with E-state index in [0.29, 0.717) is 24.3 Å². The number of pyridine rings is 1. The molecule has 1 saturated heterocycles. The van der Waals surface area contributed by atoms with Crippen LogP contribution in [0, 0.1) is 17.0 Å². The number of hydrogen-bond donors (Lipinski definition) is 1. The van der Waals surface area contributed by atoms with E-state index in [1.54, 1.807) is 28.7 Å². The first-order valence-electron chi connectivity index (χ1n) is 14.4. The van der Waals surface area contributed by atoms with Crippen LogP contribution >= 0.6 is 11.8 Å². The monoisotopic (exact) mass is 601 g/mol. The molecule has 222 valence electrons. The zero-order valence-electron chi connectivity index (χ0n) is 24.1. The average Bonchev–Trinajstić information content (AvgIpc) is 3.19. The van der Waals surface area contributed by atoms with Gasteiger partial charge in [0, 0.05) is 35.0 Å². The van der Waals surface area contributed by atoms with Gasteiger partial charge in [0.2, 0.25) is 5.43 Å². The Morgan fingerprint density at radius 3 is 2.56 bits per heavy atom. The second-order valence-electron chi connectivity index (χ2n) is 11.8. The molecule has 1 fully saturated rings. The first-order chi connectivity index (χ1) is 20.7. The summed E-state index contributed by atoms with van der Waals surface area (Å²) >= 11 is 1.57. The first kappa shape index (κ1) is 29.0. The summed E-state index contributed by atoms with van der Waals surface area (Å²) in [6.07, 6.45) is 4.03. The van der Waals surface area contributed by atoms with Crippen molar-refractivity contribution in [3.63, 3.8) is 0 Å². The topological polar surface area (TPSA) is 63.6 Å². The molecule has 6 nitrogen and oxygen atoms in total. The molecule has 1 amide bonds. The minimum absolute atomic E-state index is 0.0665. The number of carbonyl (C=O) groups is 1. The summed E-state index contributed by atoms with van der Waals surface area (Å²) < 4.78 is 34.3. The van der Waals surface area contributed by atoms with Gasteiger partial charge in [-0.15, -0.1) is 11.8 Å². The van der Waals surface area contributed by atoms with Gasteiger partial charge in [-0.1, -0.05) is 68.4 Å². The summed E-state index contributed by atoms with van der Waals surface area (Å²) in [4.78, 5) is 28.4. The summed E-state index contributed by atoms with van der Waals surface area (Å²) in [5.74, 6) is -0.990. The summed E-state index contributed by atoms with van der Waals surface area (Å²) in [5, 5.41) is 0. The third kappa shape index (κ3) is 6.04. The lowest BCUT2D eigenvalue weighted by Crippen LogP contribution is -2.58. The van der Waals surface area contributed by atoms with Crippen molar-refractivity contribution in [3.05, 3.63) is 129 Å². The fourth-order valence-electron chi connectivity index (χ4n) is 5.77. The number of ether oxygens (including phenoxy) is 1. The molecular formula is C34H33F2N3O3S. The molecule has 7 rings (SSSR count). The Kier molecular flexibility index (Phi) is 8.01. The zero-order valence-corrected chi connectivity index (χ0v) is 24.9. The molecule has 1 aromatic heterocycles. The molecule has 0 unspecified atom stereocenters. The van der Waals surface area contributed by atoms with Crippen LogP contribution in [0.15, 0.2) is 88.7 Å². The van der Waals surface area contributed by atoms with Crippen LogP contribution in [0.4, 0.5) is 8.78 Å². The maximum absolute atomic E-state index is 13.7. The van der Waals surface area contributed by atoms with Crippen LogP contribution in [-0.2, 0) is 18.8 Å². The minimum atomic E-state index is -0.754. The number of aromatic nitrogens is 1. The van der Waals surface area contributed by atoms with E-state index in [2.05, 4.69) is 19.3 Å². The number of benzene rings is 3. The third-order valence-electron chi connectivity index (χ3n) is 8.20. The Morgan fingerprint density at radius 1 is 0.977 bits per heavy atom. The normalized spacial score (nSPS) is 18.0. The van der Waals surface area contributed by atoms with Crippen molar-refractivity contribution in [2.24, 2.45) is 5.41 Å². The van der Waals surface area contributed by atoms with E-state index >= 15 is 0 Å². The minimum Gasteiger partial charge on any atom is -0.482 e. The number of nitrogens with zero attached hydrogens (tertiary/aromatic N) is 2. The Bertz CT molecular complexity index is 1720. The highest BCUT2D eigenvalue weighted by atomic mass is 32.2. The average molecular weight is 602 g/mol. The second-order valence-corrected chi connectivity index (χ2v) is 12.9. The number of fused-ring (bicyclic) bond motifs is 4. The standard InChI is InChI=1S/C20H23N3O3.C14H10F2S/c1-20(2)9-11-22-16(12-20)21-23-10-8-15(24)18(17(23)19(22)25)26-13-14-6-4-3-5-7-14;15-12-6-5-9-7-10-3-1-2-4-13(10)17-8-11(9)14(12)16/h3-8,10,16,21H,9,11-13H2,1-2H3;1-6H,7-8H2/t16-;/m0./s1. The van der Waals surface area contributed by atoms with Gasteiger partial charge in [-0.3, -0.25) is 14.3 Å².